The maximum absolute atomic E-state index is 5.93. The van der Waals surface area contributed by atoms with Crippen molar-refractivity contribution < 1.29 is 9.47 Å². The van der Waals surface area contributed by atoms with Crippen molar-refractivity contribution in [2.24, 2.45) is 0 Å². The Morgan fingerprint density at radius 1 is 0.864 bits per heavy atom. The van der Waals surface area contributed by atoms with Gasteiger partial charge in [-0.1, -0.05) is 26.0 Å². The summed E-state index contributed by atoms with van der Waals surface area (Å²) in [7, 11) is 1.67. The summed E-state index contributed by atoms with van der Waals surface area (Å²) in [4.78, 5) is 0. The number of methoxy groups -OCH3 is 1. The fourth-order valence-electron chi connectivity index (χ4n) is 2.18. The molecule has 3 heteroatoms. The fourth-order valence-corrected chi connectivity index (χ4v) is 2.18. The lowest BCUT2D eigenvalue weighted by atomic mass is 10.0. The van der Waals surface area contributed by atoms with Crippen molar-refractivity contribution in [2.45, 2.75) is 32.8 Å². The predicted octanol–water partition coefficient (Wildman–Crippen LogP) is 4.70. The molecule has 0 aliphatic heterocycles. The Bertz CT molecular complexity index is 561. The van der Waals surface area contributed by atoms with E-state index in [1.54, 1.807) is 7.11 Å². The van der Waals surface area contributed by atoms with Crippen molar-refractivity contribution in [3.63, 3.8) is 0 Å². The number of anilines is 1. The Hall–Kier alpha value is -2.16. The van der Waals surface area contributed by atoms with Gasteiger partial charge in [0.05, 0.1) is 13.7 Å². The first-order valence-electron chi connectivity index (χ1n) is 7.73. The van der Waals surface area contributed by atoms with Crippen LogP contribution in [0.3, 0.4) is 0 Å². The van der Waals surface area contributed by atoms with Gasteiger partial charge in [0.2, 0.25) is 0 Å². The molecule has 2 rings (SSSR count). The number of hydrogen-bond donors (Lipinski definition) is 1. The van der Waals surface area contributed by atoms with Crippen LogP contribution in [-0.4, -0.2) is 19.8 Å². The van der Waals surface area contributed by atoms with Crippen LogP contribution in [0.15, 0.2) is 48.5 Å². The Morgan fingerprint density at radius 3 is 2.00 bits per heavy atom. The molecule has 0 bridgehead atoms. The molecule has 118 valence electrons. The van der Waals surface area contributed by atoms with E-state index in [9.17, 15) is 0 Å². The molecule has 2 aromatic rings. The zero-order chi connectivity index (χ0) is 15.9. The Kier molecular flexibility index (Phi) is 5.70. The lowest BCUT2D eigenvalue weighted by Gasteiger charge is -2.17. The van der Waals surface area contributed by atoms with E-state index in [1.807, 2.05) is 36.4 Å². The molecule has 0 aromatic heterocycles. The molecule has 22 heavy (non-hydrogen) atoms. The molecular formula is C19H25NO2. The Labute approximate surface area is 133 Å². The van der Waals surface area contributed by atoms with E-state index >= 15 is 0 Å². The normalized spacial score (nSPS) is 12.0. The van der Waals surface area contributed by atoms with Crippen molar-refractivity contribution in [3.8, 4) is 11.5 Å². The van der Waals surface area contributed by atoms with Crippen molar-refractivity contribution in [1.29, 1.82) is 0 Å². The molecule has 1 N–H and O–H groups in total. The highest BCUT2D eigenvalue weighted by molar-refractivity contribution is 5.46. The van der Waals surface area contributed by atoms with Gasteiger partial charge in [-0.3, -0.25) is 0 Å². The van der Waals surface area contributed by atoms with Gasteiger partial charge in [-0.2, -0.15) is 0 Å². The first-order valence-corrected chi connectivity index (χ1v) is 7.73. The molecule has 1 atom stereocenters. The molecule has 2 aromatic carbocycles. The summed E-state index contributed by atoms with van der Waals surface area (Å²) in [6, 6.07) is 16.2. The summed E-state index contributed by atoms with van der Waals surface area (Å²) < 4.78 is 11.1. The van der Waals surface area contributed by atoms with Crippen LogP contribution in [0, 0.1) is 0 Å². The van der Waals surface area contributed by atoms with Crippen LogP contribution in [0.4, 0.5) is 5.69 Å². The number of ether oxygens (including phenoxy) is 2. The molecule has 0 radical (unpaired) electrons. The number of rotatable bonds is 7. The van der Waals surface area contributed by atoms with E-state index < -0.39 is 0 Å². The lowest BCUT2D eigenvalue weighted by molar-refractivity contribution is 0.234. The van der Waals surface area contributed by atoms with Crippen molar-refractivity contribution in [3.05, 3.63) is 54.1 Å². The highest BCUT2D eigenvalue weighted by Crippen LogP contribution is 2.20. The van der Waals surface area contributed by atoms with Crippen LogP contribution < -0.4 is 14.8 Å². The third-order valence-corrected chi connectivity index (χ3v) is 3.57. The first-order chi connectivity index (χ1) is 10.6. The summed E-state index contributed by atoms with van der Waals surface area (Å²) in [5.74, 6) is 2.32. The third-order valence-electron chi connectivity index (χ3n) is 3.57. The van der Waals surface area contributed by atoms with Crippen molar-refractivity contribution in [2.75, 3.05) is 19.0 Å². The van der Waals surface area contributed by atoms with Gasteiger partial charge in [0.15, 0.2) is 0 Å². The van der Waals surface area contributed by atoms with Crippen molar-refractivity contribution in [1.82, 2.24) is 0 Å². The second-order valence-corrected chi connectivity index (χ2v) is 5.76. The molecule has 0 aliphatic rings. The fraction of sp³-hybridized carbons (Fsp3) is 0.368. The summed E-state index contributed by atoms with van der Waals surface area (Å²) in [6.07, 6.45) is 0.0898. The zero-order valence-electron chi connectivity index (χ0n) is 13.8. The minimum Gasteiger partial charge on any atom is -0.497 e. The second kappa shape index (κ2) is 7.74. The third kappa shape index (κ3) is 4.69. The van der Waals surface area contributed by atoms with Gasteiger partial charge in [-0.05, 0) is 54.8 Å². The molecule has 3 nitrogen and oxygen atoms in total. The molecular weight excluding hydrogens is 274 g/mol. The van der Waals surface area contributed by atoms with Crippen LogP contribution in [0.2, 0.25) is 0 Å². The minimum absolute atomic E-state index is 0.0898. The molecule has 0 fully saturated rings. The van der Waals surface area contributed by atoms with Gasteiger partial charge < -0.3 is 14.8 Å². The smallest absolute Gasteiger partial charge is 0.119 e. The van der Waals surface area contributed by atoms with Crippen LogP contribution in [0.25, 0.3) is 0 Å². The maximum atomic E-state index is 5.93. The predicted molar refractivity (Wildman–Crippen MR) is 92.1 cm³/mol. The van der Waals surface area contributed by atoms with Gasteiger partial charge >= 0.3 is 0 Å². The average Bonchev–Trinajstić information content (AvgIpc) is 2.54. The average molecular weight is 299 g/mol. The zero-order valence-corrected chi connectivity index (χ0v) is 13.8. The monoisotopic (exact) mass is 299 g/mol. The summed E-state index contributed by atoms with van der Waals surface area (Å²) >= 11 is 0. The largest absolute Gasteiger partial charge is 0.497 e. The highest BCUT2D eigenvalue weighted by Gasteiger charge is 2.05. The van der Waals surface area contributed by atoms with Gasteiger partial charge in [0.25, 0.3) is 0 Å². The summed E-state index contributed by atoms with van der Waals surface area (Å²) in [5.41, 5.74) is 2.39. The standard InChI is InChI=1S/C19H25NO2/c1-14(2)16-5-9-19(10-6-16)22-15(3)13-20-17-7-11-18(21-4)12-8-17/h5-12,14-15,20H,13H2,1-4H3. The molecule has 0 amide bonds. The summed E-state index contributed by atoms with van der Waals surface area (Å²) in [5, 5.41) is 3.37. The van der Waals surface area contributed by atoms with Gasteiger partial charge in [0, 0.05) is 5.69 Å². The first kappa shape index (κ1) is 16.2. The number of hydrogen-bond acceptors (Lipinski definition) is 3. The molecule has 0 saturated heterocycles. The quantitative estimate of drug-likeness (QED) is 0.804. The second-order valence-electron chi connectivity index (χ2n) is 5.76. The molecule has 1 unspecified atom stereocenters. The number of benzene rings is 2. The van der Waals surface area contributed by atoms with Crippen LogP contribution in [0.1, 0.15) is 32.3 Å². The number of nitrogens with one attached hydrogen (secondary N) is 1. The Morgan fingerprint density at radius 2 is 1.45 bits per heavy atom. The summed E-state index contributed by atoms with van der Waals surface area (Å²) in [6.45, 7) is 7.19. The molecule has 0 aliphatic carbocycles. The Balaban J connectivity index is 1.82. The van der Waals surface area contributed by atoms with Gasteiger partial charge in [-0.25, -0.2) is 0 Å². The van der Waals surface area contributed by atoms with Crippen LogP contribution in [-0.2, 0) is 0 Å². The maximum Gasteiger partial charge on any atom is 0.119 e. The van der Waals surface area contributed by atoms with E-state index in [4.69, 9.17) is 9.47 Å². The SMILES string of the molecule is COc1ccc(NCC(C)Oc2ccc(C(C)C)cc2)cc1. The molecule has 0 heterocycles. The molecule has 0 spiro atoms. The van der Waals surface area contributed by atoms with E-state index in [1.165, 1.54) is 5.56 Å². The van der Waals surface area contributed by atoms with E-state index in [-0.39, 0.29) is 6.10 Å². The topological polar surface area (TPSA) is 30.5 Å². The molecule has 0 saturated carbocycles. The van der Waals surface area contributed by atoms with Gasteiger partial charge in [-0.15, -0.1) is 0 Å². The lowest BCUT2D eigenvalue weighted by Crippen LogP contribution is -2.22. The van der Waals surface area contributed by atoms with E-state index in [2.05, 4.69) is 38.2 Å². The van der Waals surface area contributed by atoms with Gasteiger partial charge in [0.1, 0.15) is 17.6 Å². The van der Waals surface area contributed by atoms with E-state index in [0.29, 0.717) is 5.92 Å². The minimum atomic E-state index is 0.0898. The van der Waals surface area contributed by atoms with Crippen LogP contribution in [0.5, 0.6) is 11.5 Å². The van der Waals surface area contributed by atoms with Crippen molar-refractivity contribution >= 4 is 5.69 Å². The highest BCUT2D eigenvalue weighted by atomic mass is 16.5. The van der Waals surface area contributed by atoms with E-state index in [0.717, 1.165) is 23.7 Å². The van der Waals surface area contributed by atoms with Crippen LogP contribution >= 0.6 is 0 Å².